The molecule has 0 bridgehead atoms. The van der Waals surface area contributed by atoms with E-state index in [0.717, 1.165) is 12.1 Å². The molecule has 0 aliphatic heterocycles. The summed E-state index contributed by atoms with van der Waals surface area (Å²) in [5.74, 6) is -1.97. The van der Waals surface area contributed by atoms with Crippen molar-refractivity contribution < 1.29 is 56.3 Å². The highest BCUT2D eigenvalue weighted by molar-refractivity contribution is 7.91. The predicted molar refractivity (Wildman–Crippen MR) is 202 cm³/mol. The monoisotopic (exact) mass is 865 g/mol. The standard InChI is InChI=1S/C31H24ClN7O13S4/c32-29-35-30(33-19-5-8-21(9-6-19)53(41,42)13-12-52-56(49,50)51)37-31(36-29)34-25-16-22(54(43,44)45)15-18-4-11-24(28(40)27(18)25)39-38-20-7-10-23-17(14-20)2-1-3-26(23)55(46,47)48/h1-11,14-16,38H,12-13H2,(H,43,44,45)(H,46,47,48)(H,49,50,51)(H2,33,34,35,36,37)/b39-24-. The van der Waals surface area contributed by atoms with Gasteiger partial charge in [0.25, 0.3) is 20.2 Å². The Morgan fingerprint density at radius 3 is 2.07 bits per heavy atom. The number of hydrogen-bond donors (Lipinski definition) is 6. The summed E-state index contributed by atoms with van der Waals surface area (Å²) in [6.07, 6.45) is 2.66. The van der Waals surface area contributed by atoms with Gasteiger partial charge in [-0.05, 0) is 83.2 Å². The lowest BCUT2D eigenvalue weighted by atomic mass is 9.93. The van der Waals surface area contributed by atoms with Crippen LogP contribution in [0.3, 0.4) is 0 Å². The van der Waals surface area contributed by atoms with Crippen LogP contribution in [0.15, 0.2) is 98.7 Å². The lowest BCUT2D eigenvalue weighted by molar-refractivity contribution is 0.106. The van der Waals surface area contributed by atoms with Crippen LogP contribution in [0.1, 0.15) is 15.9 Å². The van der Waals surface area contributed by atoms with Crippen molar-refractivity contribution in [2.45, 2.75) is 14.7 Å². The molecule has 1 heterocycles. The highest BCUT2D eigenvalue weighted by Gasteiger charge is 2.27. The quantitative estimate of drug-likeness (QED) is 0.0721. The fourth-order valence-electron chi connectivity index (χ4n) is 5.23. The van der Waals surface area contributed by atoms with Gasteiger partial charge in [0.2, 0.25) is 23.0 Å². The molecule has 0 atom stereocenters. The first-order valence-electron chi connectivity index (χ1n) is 15.3. The molecule has 0 spiro atoms. The van der Waals surface area contributed by atoms with E-state index >= 15 is 0 Å². The Bertz CT molecular complexity index is 2950. The highest BCUT2D eigenvalue weighted by atomic mass is 35.5. The number of carbonyl (C=O) groups excluding carboxylic acids is 1. The summed E-state index contributed by atoms with van der Waals surface area (Å²) in [7, 11) is -18.2. The fraction of sp³-hybridized carbons (Fsp3) is 0.0645. The normalized spacial score (nSPS) is 14.1. The van der Waals surface area contributed by atoms with Crippen LogP contribution in [0.25, 0.3) is 16.8 Å². The first kappa shape index (κ1) is 40.2. The molecular formula is C31H24ClN7O13S4. The summed E-state index contributed by atoms with van der Waals surface area (Å²) in [6, 6.07) is 15.7. The lowest BCUT2D eigenvalue weighted by Crippen LogP contribution is -2.21. The summed E-state index contributed by atoms with van der Waals surface area (Å²) < 4.78 is 126. The van der Waals surface area contributed by atoms with Crippen LogP contribution in [0.2, 0.25) is 5.28 Å². The van der Waals surface area contributed by atoms with E-state index in [9.17, 15) is 47.6 Å². The minimum Gasteiger partial charge on any atom is -0.324 e. The Labute approximate surface area is 322 Å². The Morgan fingerprint density at radius 2 is 1.41 bits per heavy atom. The minimum absolute atomic E-state index is 0.0631. The molecule has 6 N–H and O–H groups in total. The van der Waals surface area contributed by atoms with Gasteiger partial charge in [-0.15, -0.1) is 0 Å². The Morgan fingerprint density at radius 1 is 0.732 bits per heavy atom. The Balaban J connectivity index is 1.26. The summed E-state index contributed by atoms with van der Waals surface area (Å²) in [6.45, 7) is -0.820. The molecular weight excluding hydrogens is 842 g/mol. The van der Waals surface area contributed by atoms with Crippen molar-refractivity contribution in [1.29, 1.82) is 0 Å². The number of carbonyl (C=O) groups is 1. The number of ketones is 1. The van der Waals surface area contributed by atoms with Gasteiger partial charge in [-0.25, -0.2) is 12.6 Å². The summed E-state index contributed by atoms with van der Waals surface area (Å²) >= 11 is 6.14. The number of nitrogens with one attached hydrogen (secondary N) is 3. The van der Waals surface area contributed by atoms with E-state index in [0.29, 0.717) is 11.1 Å². The fourth-order valence-corrected chi connectivity index (χ4v) is 8.13. The maximum atomic E-state index is 13.8. The van der Waals surface area contributed by atoms with Crippen molar-refractivity contribution in [1.82, 2.24) is 15.0 Å². The molecule has 1 aliphatic rings. The van der Waals surface area contributed by atoms with Crippen molar-refractivity contribution in [2.75, 3.05) is 28.4 Å². The van der Waals surface area contributed by atoms with Gasteiger partial charge in [0.15, 0.2) is 9.84 Å². The van der Waals surface area contributed by atoms with Gasteiger partial charge >= 0.3 is 10.4 Å². The minimum atomic E-state index is -4.83. The van der Waals surface area contributed by atoms with Crippen LogP contribution in [-0.2, 0) is 44.7 Å². The van der Waals surface area contributed by atoms with E-state index in [1.54, 1.807) is 6.07 Å². The molecule has 0 radical (unpaired) electrons. The van der Waals surface area contributed by atoms with Crippen molar-refractivity contribution >= 4 is 109 Å². The van der Waals surface area contributed by atoms with Crippen LogP contribution in [0.4, 0.5) is 29.0 Å². The van der Waals surface area contributed by atoms with Crippen LogP contribution >= 0.6 is 11.6 Å². The van der Waals surface area contributed by atoms with Crippen molar-refractivity contribution in [3.05, 3.63) is 95.3 Å². The second kappa shape index (κ2) is 15.2. The zero-order valence-electron chi connectivity index (χ0n) is 27.7. The van der Waals surface area contributed by atoms with Crippen molar-refractivity contribution in [2.24, 2.45) is 5.10 Å². The van der Waals surface area contributed by atoms with E-state index in [1.807, 2.05) is 0 Å². The number of benzene rings is 4. The molecule has 25 heteroatoms. The topological polar surface area (TPSA) is 311 Å². The zero-order valence-corrected chi connectivity index (χ0v) is 31.7. The van der Waals surface area contributed by atoms with Crippen LogP contribution in [-0.4, -0.2) is 86.1 Å². The van der Waals surface area contributed by atoms with E-state index < -0.39 is 63.5 Å². The number of fused-ring (bicyclic) bond motifs is 2. The number of nitrogens with zero attached hydrogens (tertiary/aromatic N) is 4. The number of halogens is 1. The third kappa shape index (κ3) is 9.49. The summed E-state index contributed by atoms with van der Waals surface area (Å²) in [5, 5.41) is 9.96. The summed E-state index contributed by atoms with van der Waals surface area (Å²) in [4.78, 5) is 24.8. The van der Waals surface area contributed by atoms with Crippen LogP contribution in [0, 0.1) is 0 Å². The van der Waals surface area contributed by atoms with Crippen molar-refractivity contribution in [3.63, 3.8) is 0 Å². The molecule has 5 aromatic rings. The zero-order chi connectivity index (χ0) is 40.6. The van der Waals surface area contributed by atoms with Crippen LogP contribution in [0.5, 0.6) is 0 Å². The molecule has 56 heavy (non-hydrogen) atoms. The Hall–Kier alpha value is -5.44. The molecule has 0 saturated carbocycles. The number of hydrogen-bond acceptors (Lipinski definition) is 17. The molecule has 1 aromatic heterocycles. The number of sulfone groups is 1. The predicted octanol–water partition coefficient (Wildman–Crippen LogP) is 3.93. The van der Waals surface area contributed by atoms with Gasteiger partial charge < -0.3 is 10.6 Å². The average molecular weight is 866 g/mol. The molecule has 6 rings (SSSR count). The third-order valence-corrected chi connectivity index (χ3v) is 11.7. The van der Waals surface area contributed by atoms with Crippen molar-refractivity contribution in [3.8, 4) is 0 Å². The van der Waals surface area contributed by atoms with E-state index in [1.165, 1.54) is 66.7 Å². The second-order valence-electron chi connectivity index (χ2n) is 11.4. The maximum Gasteiger partial charge on any atom is 0.397 e. The van der Waals surface area contributed by atoms with Gasteiger partial charge in [-0.1, -0.05) is 24.3 Å². The molecule has 1 aliphatic carbocycles. The Kier molecular flexibility index (Phi) is 11.0. The van der Waals surface area contributed by atoms with Gasteiger partial charge in [-0.2, -0.15) is 45.3 Å². The average Bonchev–Trinajstić information content (AvgIpc) is 3.09. The maximum absolute atomic E-state index is 13.8. The van der Waals surface area contributed by atoms with E-state index in [-0.39, 0.29) is 60.6 Å². The SMILES string of the molecule is O=C1/C(=N\Nc2ccc3c(S(=O)(=O)O)cccc3c2)C=Cc2cc(S(=O)(=O)O)cc(Nc3nc(Cl)nc(Nc4ccc(S(=O)(=O)CCOS(=O)(=O)O)cc4)n3)c21. The largest absolute Gasteiger partial charge is 0.397 e. The first-order chi connectivity index (χ1) is 26.2. The number of anilines is 5. The summed E-state index contributed by atoms with van der Waals surface area (Å²) in [5.41, 5.74) is 2.91. The number of rotatable bonds is 13. The van der Waals surface area contributed by atoms with E-state index in [2.05, 4.69) is 40.3 Å². The first-order valence-corrected chi connectivity index (χ1v) is 21.6. The molecule has 0 fully saturated rings. The third-order valence-electron chi connectivity index (χ3n) is 7.65. The molecule has 4 aromatic carbocycles. The number of allylic oxidation sites excluding steroid dienone is 1. The smallest absolute Gasteiger partial charge is 0.324 e. The van der Waals surface area contributed by atoms with Gasteiger partial charge in [-0.3, -0.25) is 23.9 Å². The van der Waals surface area contributed by atoms with Gasteiger partial charge in [0.1, 0.15) is 10.6 Å². The van der Waals surface area contributed by atoms with Gasteiger partial charge in [0.05, 0.1) is 39.1 Å². The second-order valence-corrected chi connectivity index (χ2v) is 17.8. The highest BCUT2D eigenvalue weighted by Crippen LogP contribution is 2.32. The number of aromatic nitrogens is 3. The lowest BCUT2D eigenvalue weighted by Gasteiger charge is -2.18. The molecule has 20 nitrogen and oxygen atoms in total. The van der Waals surface area contributed by atoms with E-state index in [4.69, 9.17) is 16.2 Å². The molecule has 292 valence electrons. The number of hydrazone groups is 1. The molecule has 0 unspecified atom stereocenters. The number of Topliss-reactive ketones (excluding diaryl/α,β-unsaturated/α-hetero) is 1. The van der Waals surface area contributed by atoms with Gasteiger partial charge in [0, 0.05) is 11.1 Å². The van der Waals surface area contributed by atoms with Crippen LogP contribution < -0.4 is 16.1 Å². The molecule has 0 amide bonds. The molecule has 0 saturated heterocycles.